The lowest BCUT2D eigenvalue weighted by atomic mass is 10.1. The summed E-state index contributed by atoms with van der Waals surface area (Å²) in [7, 11) is 1.61. The molecule has 3 N–H and O–H groups in total. The Morgan fingerprint density at radius 1 is 1.57 bits per heavy atom. The van der Waals surface area contributed by atoms with Gasteiger partial charge in [0.25, 0.3) is 0 Å². The maximum Gasteiger partial charge on any atom is 0.234 e. The second-order valence-corrected chi connectivity index (χ2v) is 5.01. The zero-order chi connectivity index (χ0) is 15.2. The van der Waals surface area contributed by atoms with E-state index in [1.807, 2.05) is 18.2 Å². The fourth-order valence-corrected chi connectivity index (χ4v) is 2.64. The van der Waals surface area contributed by atoms with Gasteiger partial charge in [0.05, 0.1) is 13.2 Å². The zero-order valence-corrected chi connectivity index (χ0v) is 12.1. The lowest BCUT2D eigenvalue weighted by Crippen LogP contribution is -2.39. The number of hydrogen-bond donors (Lipinski definition) is 2. The van der Waals surface area contributed by atoms with Crippen LogP contribution in [0.15, 0.2) is 18.2 Å². The molecule has 2 rings (SSSR count). The highest BCUT2D eigenvalue weighted by atomic mass is 16.5. The molecule has 112 valence electrons. The molecule has 1 amide bonds. The van der Waals surface area contributed by atoms with Crippen molar-refractivity contribution in [2.75, 3.05) is 20.3 Å². The average molecular weight is 288 g/mol. The number of aliphatic hydroxyl groups is 1. The summed E-state index contributed by atoms with van der Waals surface area (Å²) in [6.45, 7) is 1.26. The number of hydrogen-bond acceptors (Lipinski definition) is 4. The van der Waals surface area contributed by atoms with Gasteiger partial charge in [-0.3, -0.25) is 9.69 Å². The van der Waals surface area contributed by atoms with Crippen molar-refractivity contribution >= 4 is 5.91 Å². The molecule has 0 bridgehead atoms. The quantitative estimate of drug-likeness (QED) is 0.791. The predicted molar refractivity (Wildman–Crippen MR) is 79.6 cm³/mol. The third-order valence-electron chi connectivity index (χ3n) is 3.68. The highest BCUT2D eigenvalue weighted by molar-refractivity contribution is 5.80. The fraction of sp³-hybridized carbons (Fsp3) is 0.438. The summed E-state index contributed by atoms with van der Waals surface area (Å²) in [5, 5.41) is 8.85. The summed E-state index contributed by atoms with van der Waals surface area (Å²) in [5.41, 5.74) is 7.26. The summed E-state index contributed by atoms with van der Waals surface area (Å²) in [5.74, 6) is 6.06. The summed E-state index contributed by atoms with van der Waals surface area (Å²) < 4.78 is 5.25. The van der Waals surface area contributed by atoms with Gasteiger partial charge in [0, 0.05) is 12.1 Å². The van der Waals surface area contributed by atoms with Crippen molar-refractivity contribution in [3.05, 3.63) is 29.3 Å². The lowest BCUT2D eigenvalue weighted by Gasteiger charge is -2.22. The minimum absolute atomic E-state index is 0.181. The average Bonchev–Trinajstić information content (AvgIpc) is 2.94. The van der Waals surface area contributed by atoms with E-state index in [4.69, 9.17) is 15.6 Å². The zero-order valence-electron chi connectivity index (χ0n) is 12.1. The van der Waals surface area contributed by atoms with E-state index in [1.54, 1.807) is 7.11 Å². The van der Waals surface area contributed by atoms with Crippen LogP contribution in [0.25, 0.3) is 0 Å². The number of carbonyl (C=O) groups excluding carboxylic acids is 1. The van der Waals surface area contributed by atoms with Crippen molar-refractivity contribution in [1.82, 2.24) is 4.90 Å². The molecule has 0 radical (unpaired) electrons. The van der Waals surface area contributed by atoms with E-state index in [9.17, 15) is 4.79 Å². The molecule has 0 aromatic heterocycles. The normalized spacial score (nSPS) is 18.1. The molecule has 0 spiro atoms. The maximum absolute atomic E-state index is 11.5. The Morgan fingerprint density at radius 3 is 3.05 bits per heavy atom. The Bertz CT molecular complexity index is 575. The van der Waals surface area contributed by atoms with E-state index < -0.39 is 0 Å². The van der Waals surface area contributed by atoms with Crippen LogP contribution in [-0.4, -0.2) is 42.2 Å². The van der Waals surface area contributed by atoms with Crippen LogP contribution in [0, 0.1) is 11.8 Å². The minimum Gasteiger partial charge on any atom is -0.497 e. The van der Waals surface area contributed by atoms with E-state index in [-0.39, 0.29) is 18.6 Å². The number of aliphatic hydroxyl groups excluding tert-OH is 1. The van der Waals surface area contributed by atoms with Crippen LogP contribution in [0.1, 0.15) is 24.0 Å². The highest BCUT2D eigenvalue weighted by Crippen LogP contribution is 2.24. The molecule has 1 atom stereocenters. The van der Waals surface area contributed by atoms with Crippen LogP contribution in [0.5, 0.6) is 5.75 Å². The Kier molecular flexibility index (Phi) is 5.20. The van der Waals surface area contributed by atoms with Crippen molar-refractivity contribution in [1.29, 1.82) is 0 Å². The number of primary amides is 1. The summed E-state index contributed by atoms with van der Waals surface area (Å²) >= 11 is 0. The molecule has 5 heteroatoms. The van der Waals surface area contributed by atoms with Crippen molar-refractivity contribution in [3.63, 3.8) is 0 Å². The van der Waals surface area contributed by atoms with Gasteiger partial charge in [-0.15, -0.1) is 0 Å². The SMILES string of the molecule is COc1ccc(C#CCO)c(CN2CCCC2C(N)=O)c1. The van der Waals surface area contributed by atoms with Crippen LogP contribution in [-0.2, 0) is 11.3 Å². The molecule has 21 heavy (non-hydrogen) atoms. The van der Waals surface area contributed by atoms with Gasteiger partial charge in [0.15, 0.2) is 0 Å². The topological polar surface area (TPSA) is 75.8 Å². The molecule has 1 unspecified atom stereocenters. The van der Waals surface area contributed by atoms with Crippen molar-refractivity contribution in [2.24, 2.45) is 5.73 Å². The van der Waals surface area contributed by atoms with Crippen molar-refractivity contribution < 1.29 is 14.6 Å². The van der Waals surface area contributed by atoms with Crippen LogP contribution in [0.2, 0.25) is 0 Å². The number of rotatable bonds is 4. The third kappa shape index (κ3) is 3.75. The molecule has 1 heterocycles. The summed E-state index contributed by atoms with van der Waals surface area (Å²) in [6, 6.07) is 5.40. The smallest absolute Gasteiger partial charge is 0.234 e. The van der Waals surface area contributed by atoms with E-state index in [1.165, 1.54) is 0 Å². The Labute approximate surface area is 124 Å². The first-order valence-corrected chi connectivity index (χ1v) is 6.95. The van der Waals surface area contributed by atoms with Gasteiger partial charge >= 0.3 is 0 Å². The molecule has 0 saturated carbocycles. The number of likely N-dealkylation sites (tertiary alicyclic amines) is 1. The third-order valence-corrected chi connectivity index (χ3v) is 3.68. The van der Waals surface area contributed by atoms with Crippen molar-refractivity contribution in [2.45, 2.75) is 25.4 Å². The Hall–Kier alpha value is -2.03. The number of nitrogens with zero attached hydrogens (tertiary/aromatic N) is 1. The van der Waals surface area contributed by atoms with Gasteiger partial charge in [0.1, 0.15) is 12.4 Å². The first-order chi connectivity index (χ1) is 10.2. The Balaban J connectivity index is 2.26. The molecule has 5 nitrogen and oxygen atoms in total. The number of methoxy groups -OCH3 is 1. The molecular formula is C16H20N2O3. The number of ether oxygens (including phenoxy) is 1. The van der Waals surface area contributed by atoms with Crippen LogP contribution in [0.4, 0.5) is 0 Å². The molecule has 1 fully saturated rings. The van der Waals surface area contributed by atoms with Crippen LogP contribution in [0.3, 0.4) is 0 Å². The van der Waals surface area contributed by atoms with E-state index in [0.717, 1.165) is 36.3 Å². The second kappa shape index (κ2) is 7.11. The molecule has 1 saturated heterocycles. The summed E-state index contributed by atoms with van der Waals surface area (Å²) in [4.78, 5) is 13.5. The lowest BCUT2D eigenvalue weighted by molar-refractivity contribution is -0.122. The number of benzene rings is 1. The molecule has 0 aliphatic carbocycles. The minimum atomic E-state index is -0.279. The van der Waals surface area contributed by atoms with E-state index in [0.29, 0.717) is 6.54 Å². The molecule has 1 aliphatic heterocycles. The van der Waals surface area contributed by atoms with Gasteiger partial charge in [-0.25, -0.2) is 0 Å². The standard InChI is InChI=1S/C16H20N2O3/c1-21-14-7-6-12(4-3-9-19)13(10-14)11-18-8-2-5-15(18)16(17)20/h6-7,10,15,19H,2,5,8-9,11H2,1H3,(H2,17,20). The van der Waals surface area contributed by atoms with Gasteiger partial charge in [0.2, 0.25) is 5.91 Å². The van der Waals surface area contributed by atoms with E-state index in [2.05, 4.69) is 16.7 Å². The fourth-order valence-electron chi connectivity index (χ4n) is 2.64. The molecule has 1 aromatic carbocycles. The summed E-state index contributed by atoms with van der Waals surface area (Å²) in [6.07, 6.45) is 1.77. The van der Waals surface area contributed by atoms with Crippen LogP contribution >= 0.6 is 0 Å². The predicted octanol–water partition coefficient (Wildman–Crippen LogP) is 0.489. The second-order valence-electron chi connectivity index (χ2n) is 5.01. The number of nitrogens with two attached hydrogens (primary N) is 1. The first kappa shape index (κ1) is 15.4. The van der Waals surface area contributed by atoms with Crippen molar-refractivity contribution in [3.8, 4) is 17.6 Å². The number of amides is 1. The number of carbonyl (C=O) groups is 1. The van der Waals surface area contributed by atoms with Gasteiger partial charge < -0.3 is 15.6 Å². The first-order valence-electron chi connectivity index (χ1n) is 6.95. The van der Waals surface area contributed by atoms with Gasteiger partial charge in [-0.05, 0) is 43.1 Å². The van der Waals surface area contributed by atoms with Gasteiger partial charge in [-0.2, -0.15) is 0 Å². The molecular weight excluding hydrogens is 268 g/mol. The maximum atomic E-state index is 11.5. The monoisotopic (exact) mass is 288 g/mol. The van der Waals surface area contributed by atoms with E-state index >= 15 is 0 Å². The van der Waals surface area contributed by atoms with Gasteiger partial charge in [-0.1, -0.05) is 11.8 Å². The highest BCUT2D eigenvalue weighted by Gasteiger charge is 2.29. The molecule has 1 aliphatic rings. The Morgan fingerprint density at radius 2 is 2.38 bits per heavy atom. The van der Waals surface area contributed by atoms with Crippen LogP contribution < -0.4 is 10.5 Å². The molecule has 1 aromatic rings. The largest absolute Gasteiger partial charge is 0.497 e.